The summed E-state index contributed by atoms with van der Waals surface area (Å²) < 4.78 is 9.95. The highest BCUT2D eigenvalue weighted by atomic mass is 35.5. The first-order chi connectivity index (χ1) is 5.20. The zero-order chi connectivity index (χ0) is 8.69. The van der Waals surface area contributed by atoms with Crippen LogP contribution in [0.15, 0.2) is 0 Å². The summed E-state index contributed by atoms with van der Waals surface area (Å²) in [4.78, 5) is 0. The molecule has 0 aromatic carbocycles. The number of halogens is 2. The molecule has 13 heavy (non-hydrogen) atoms. The summed E-state index contributed by atoms with van der Waals surface area (Å²) >= 11 is 4.70. The van der Waals surface area contributed by atoms with E-state index in [1.807, 2.05) is 6.92 Å². The third kappa shape index (κ3) is 12.4. The first kappa shape index (κ1) is 19.0. The van der Waals surface area contributed by atoms with Crippen LogP contribution in [0.5, 0.6) is 0 Å². The van der Waals surface area contributed by atoms with E-state index in [0.717, 1.165) is 0 Å². The second-order valence-corrected chi connectivity index (χ2v) is 2.34. The molecule has 1 atom stereocenters. The first-order valence-electron chi connectivity index (χ1n) is 3.43. The fourth-order valence-electron chi connectivity index (χ4n) is 0.496. The lowest BCUT2D eigenvalue weighted by Crippen LogP contribution is -2.31. The van der Waals surface area contributed by atoms with Gasteiger partial charge < -0.3 is 20.9 Å². The fourth-order valence-corrected chi connectivity index (χ4v) is 0.564. The maximum Gasteiger partial charge on any atom is 0.173 e. The van der Waals surface area contributed by atoms with Gasteiger partial charge in [0.25, 0.3) is 0 Å². The highest BCUT2D eigenvalue weighted by Crippen LogP contribution is 1.86. The number of thiocarbonyl (C=S) groups is 1. The molecule has 0 radical (unpaired) electrons. The van der Waals surface area contributed by atoms with Gasteiger partial charge in [0, 0.05) is 6.61 Å². The Morgan fingerprint density at radius 3 is 2.38 bits per heavy atom. The summed E-state index contributed by atoms with van der Waals surface area (Å²) in [5.74, 6) is 0. The van der Waals surface area contributed by atoms with Gasteiger partial charge >= 0.3 is 0 Å². The monoisotopic (exact) mass is 250 g/mol. The summed E-state index contributed by atoms with van der Waals surface area (Å²) in [5.41, 5.74) is 10.6. The average molecular weight is 251 g/mol. The van der Waals surface area contributed by atoms with Crippen LogP contribution < -0.4 is 11.5 Å². The Labute approximate surface area is 96.1 Å². The van der Waals surface area contributed by atoms with Crippen molar-refractivity contribution in [2.75, 3.05) is 19.8 Å². The average Bonchev–Trinajstić information content (AvgIpc) is 2.01. The number of hydrogen-bond donors (Lipinski definition) is 2. The Kier molecular flexibility index (Phi) is 18.1. The normalized spacial score (nSPS) is 10.7. The second-order valence-electron chi connectivity index (χ2n) is 1.88. The molecule has 0 saturated heterocycles. The number of rotatable bonds is 5. The van der Waals surface area contributed by atoms with Crippen LogP contribution >= 0.6 is 37.0 Å². The minimum atomic E-state index is -0.413. The summed E-state index contributed by atoms with van der Waals surface area (Å²) in [5, 5.41) is 0.361. The molecule has 0 aliphatic heterocycles. The minimum absolute atomic E-state index is 0. The zero-order valence-electron chi connectivity index (χ0n) is 7.39. The van der Waals surface area contributed by atoms with E-state index in [2.05, 4.69) is 0 Å². The lowest BCUT2D eigenvalue weighted by atomic mass is 10.6. The predicted molar refractivity (Wildman–Crippen MR) is 61.7 cm³/mol. The third-order valence-corrected chi connectivity index (χ3v) is 1.24. The van der Waals surface area contributed by atoms with Crippen LogP contribution in [-0.4, -0.2) is 31.0 Å². The molecule has 0 saturated carbocycles. The van der Waals surface area contributed by atoms with E-state index in [0.29, 0.717) is 11.7 Å². The Bertz CT molecular complexity index is 129. The van der Waals surface area contributed by atoms with E-state index in [1.54, 1.807) is 0 Å². The smallest absolute Gasteiger partial charge is 0.173 e. The van der Waals surface area contributed by atoms with Gasteiger partial charge in [-0.2, -0.15) is 0 Å². The van der Waals surface area contributed by atoms with Crippen LogP contribution in [-0.2, 0) is 9.47 Å². The molecule has 0 spiro atoms. The van der Waals surface area contributed by atoms with Crippen molar-refractivity contribution in [3.8, 4) is 0 Å². The molecule has 0 heterocycles. The van der Waals surface area contributed by atoms with E-state index in [-0.39, 0.29) is 38.0 Å². The van der Waals surface area contributed by atoms with Crippen LogP contribution in [0.3, 0.4) is 0 Å². The number of nitrogens with two attached hydrogens (primary N) is 2. The lowest BCUT2D eigenvalue weighted by molar-refractivity contribution is 0.0293. The standard InChI is InChI=1S/C6H14N2O2S.2ClH/c1-2-9-5(8)4-10-6(11)3-7;;/h5H,2-4,7-8H2,1H3;2*1H. The number of ether oxygens (including phenoxy) is 2. The molecular formula is C6H16Cl2N2O2S. The number of hydrogen-bond acceptors (Lipinski definition) is 5. The van der Waals surface area contributed by atoms with Gasteiger partial charge in [0.05, 0.1) is 6.54 Å². The zero-order valence-corrected chi connectivity index (χ0v) is 9.84. The van der Waals surface area contributed by atoms with Crippen LogP contribution in [0.4, 0.5) is 0 Å². The lowest BCUT2D eigenvalue weighted by Gasteiger charge is -2.12. The minimum Gasteiger partial charge on any atom is -0.482 e. The molecule has 0 aromatic rings. The van der Waals surface area contributed by atoms with E-state index < -0.39 is 6.23 Å². The highest BCUT2D eigenvalue weighted by Gasteiger charge is 2.02. The molecule has 0 aliphatic carbocycles. The van der Waals surface area contributed by atoms with Crippen molar-refractivity contribution in [2.24, 2.45) is 11.5 Å². The Morgan fingerprint density at radius 2 is 2.00 bits per heavy atom. The van der Waals surface area contributed by atoms with Gasteiger partial charge in [-0.05, 0) is 19.1 Å². The SMILES string of the molecule is CCOC(N)COC(=S)CN.Cl.Cl. The Balaban J connectivity index is -0.000000500. The largest absolute Gasteiger partial charge is 0.482 e. The quantitative estimate of drug-likeness (QED) is 0.548. The Hall–Kier alpha value is 0.350. The molecule has 0 bridgehead atoms. The molecule has 4 nitrogen and oxygen atoms in total. The highest BCUT2D eigenvalue weighted by molar-refractivity contribution is 7.80. The second kappa shape index (κ2) is 12.3. The maximum absolute atomic E-state index is 5.44. The molecule has 4 N–H and O–H groups in total. The van der Waals surface area contributed by atoms with Gasteiger partial charge in [-0.25, -0.2) is 0 Å². The molecule has 0 amide bonds. The van der Waals surface area contributed by atoms with Crippen LogP contribution in [0.1, 0.15) is 6.92 Å². The van der Waals surface area contributed by atoms with E-state index in [1.165, 1.54) is 0 Å². The van der Waals surface area contributed by atoms with Crippen molar-refractivity contribution in [3.63, 3.8) is 0 Å². The molecule has 0 rings (SSSR count). The maximum atomic E-state index is 5.44. The summed E-state index contributed by atoms with van der Waals surface area (Å²) in [6, 6.07) is 0. The summed E-state index contributed by atoms with van der Waals surface area (Å²) in [6.45, 7) is 2.94. The van der Waals surface area contributed by atoms with E-state index >= 15 is 0 Å². The van der Waals surface area contributed by atoms with E-state index in [9.17, 15) is 0 Å². The first-order valence-corrected chi connectivity index (χ1v) is 3.84. The van der Waals surface area contributed by atoms with E-state index in [4.69, 9.17) is 33.2 Å². The van der Waals surface area contributed by atoms with Crippen molar-refractivity contribution in [3.05, 3.63) is 0 Å². The molecule has 7 heteroatoms. The molecule has 1 unspecified atom stereocenters. The van der Waals surface area contributed by atoms with Gasteiger partial charge in [-0.15, -0.1) is 24.8 Å². The molecule has 82 valence electrons. The van der Waals surface area contributed by atoms with Gasteiger partial charge in [-0.1, -0.05) is 0 Å². The van der Waals surface area contributed by atoms with Crippen LogP contribution in [0.25, 0.3) is 0 Å². The van der Waals surface area contributed by atoms with Crippen molar-refractivity contribution >= 4 is 42.1 Å². The molecule has 0 aromatic heterocycles. The molecule has 0 aliphatic rings. The predicted octanol–water partition coefficient (Wildman–Crippen LogP) is 0.454. The molecule has 0 fully saturated rings. The van der Waals surface area contributed by atoms with Crippen LogP contribution in [0.2, 0.25) is 0 Å². The fraction of sp³-hybridized carbons (Fsp3) is 0.833. The van der Waals surface area contributed by atoms with Gasteiger partial charge in [0.1, 0.15) is 12.8 Å². The van der Waals surface area contributed by atoms with Crippen molar-refractivity contribution in [1.82, 2.24) is 0 Å². The summed E-state index contributed by atoms with van der Waals surface area (Å²) in [6.07, 6.45) is -0.413. The van der Waals surface area contributed by atoms with Gasteiger partial charge in [0.2, 0.25) is 0 Å². The molecular weight excluding hydrogens is 235 g/mol. The summed E-state index contributed by atoms with van der Waals surface area (Å²) in [7, 11) is 0. The van der Waals surface area contributed by atoms with Crippen LogP contribution in [0, 0.1) is 0 Å². The van der Waals surface area contributed by atoms with Crippen molar-refractivity contribution in [1.29, 1.82) is 0 Å². The Morgan fingerprint density at radius 1 is 1.46 bits per heavy atom. The van der Waals surface area contributed by atoms with Gasteiger partial charge in [0.15, 0.2) is 5.05 Å². The topological polar surface area (TPSA) is 70.5 Å². The van der Waals surface area contributed by atoms with Gasteiger partial charge in [-0.3, -0.25) is 0 Å². The van der Waals surface area contributed by atoms with Crippen molar-refractivity contribution in [2.45, 2.75) is 13.2 Å². The van der Waals surface area contributed by atoms with Crippen molar-refractivity contribution < 1.29 is 9.47 Å². The third-order valence-electron chi connectivity index (χ3n) is 0.956.